The van der Waals surface area contributed by atoms with Crippen LogP contribution in [0.15, 0.2) is 29.4 Å². The van der Waals surface area contributed by atoms with E-state index in [1.54, 1.807) is 11.1 Å². The number of carbonyl (C=O) groups excluding carboxylic acids is 1. The highest BCUT2D eigenvalue weighted by molar-refractivity contribution is 5.79. The van der Waals surface area contributed by atoms with E-state index >= 15 is 0 Å². The van der Waals surface area contributed by atoms with Crippen LogP contribution >= 0.6 is 0 Å². The molecule has 6 heteroatoms. The Morgan fingerprint density at radius 1 is 1.38 bits per heavy atom. The molecule has 1 aromatic rings. The third-order valence-electron chi connectivity index (χ3n) is 3.14. The molecule has 0 saturated heterocycles. The highest BCUT2D eigenvalue weighted by atomic mass is 16.2. The van der Waals surface area contributed by atoms with Crippen molar-refractivity contribution in [2.75, 3.05) is 26.2 Å². The molecule has 0 fully saturated rings. The maximum atomic E-state index is 11.8. The number of rotatable bonds is 8. The van der Waals surface area contributed by atoms with E-state index < -0.39 is 0 Å². The minimum absolute atomic E-state index is 0.116. The number of pyridine rings is 1. The Labute approximate surface area is 126 Å². The Morgan fingerprint density at radius 3 is 2.76 bits per heavy atom. The summed E-state index contributed by atoms with van der Waals surface area (Å²) in [7, 11) is 0. The first-order chi connectivity index (χ1) is 10.2. The molecule has 21 heavy (non-hydrogen) atoms. The van der Waals surface area contributed by atoms with Gasteiger partial charge in [0.25, 0.3) is 0 Å². The van der Waals surface area contributed by atoms with E-state index in [9.17, 15) is 4.79 Å². The van der Waals surface area contributed by atoms with Gasteiger partial charge in [0.05, 0.1) is 6.54 Å². The summed E-state index contributed by atoms with van der Waals surface area (Å²) in [6.45, 7) is 6.50. The molecule has 1 aromatic heterocycles. The summed E-state index contributed by atoms with van der Waals surface area (Å²) in [6, 6.07) is 5.82. The molecule has 116 valence electrons. The highest BCUT2D eigenvalue weighted by Gasteiger charge is 2.08. The SMILES string of the molecule is CCN(CC)C(=O)CCN=C(N)NCCc1ccccn1. The van der Waals surface area contributed by atoms with Gasteiger partial charge in [0.15, 0.2) is 5.96 Å². The fourth-order valence-corrected chi connectivity index (χ4v) is 1.93. The fourth-order valence-electron chi connectivity index (χ4n) is 1.93. The third-order valence-corrected chi connectivity index (χ3v) is 3.14. The minimum Gasteiger partial charge on any atom is -0.370 e. The molecular weight excluding hydrogens is 266 g/mol. The van der Waals surface area contributed by atoms with Crippen LogP contribution in [-0.4, -0.2) is 47.9 Å². The molecule has 3 N–H and O–H groups in total. The summed E-state index contributed by atoms with van der Waals surface area (Å²) in [5.74, 6) is 0.489. The summed E-state index contributed by atoms with van der Waals surface area (Å²) in [5, 5.41) is 3.02. The van der Waals surface area contributed by atoms with Crippen LogP contribution in [0, 0.1) is 0 Å². The zero-order valence-corrected chi connectivity index (χ0v) is 12.9. The van der Waals surface area contributed by atoms with E-state index in [-0.39, 0.29) is 5.91 Å². The normalized spacial score (nSPS) is 11.2. The van der Waals surface area contributed by atoms with Crippen LogP contribution in [0.5, 0.6) is 0 Å². The van der Waals surface area contributed by atoms with Crippen molar-refractivity contribution in [1.29, 1.82) is 0 Å². The quantitative estimate of drug-likeness (QED) is 0.548. The second-order valence-corrected chi connectivity index (χ2v) is 4.58. The number of hydrogen-bond acceptors (Lipinski definition) is 3. The third kappa shape index (κ3) is 6.74. The molecule has 0 aliphatic heterocycles. The van der Waals surface area contributed by atoms with Crippen LogP contribution in [0.3, 0.4) is 0 Å². The molecule has 0 unspecified atom stereocenters. The number of aromatic nitrogens is 1. The lowest BCUT2D eigenvalue weighted by Crippen LogP contribution is -2.34. The average molecular weight is 291 g/mol. The lowest BCUT2D eigenvalue weighted by Gasteiger charge is -2.17. The molecule has 1 rings (SSSR count). The summed E-state index contributed by atoms with van der Waals surface area (Å²) in [6.07, 6.45) is 2.95. The van der Waals surface area contributed by atoms with E-state index in [0.29, 0.717) is 25.5 Å². The van der Waals surface area contributed by atoms with E-state index in [0.717, 1.165) is 25.2 Å². The summed E-state index contributed by atoms with van der Waals surface area (Å²) < 4.78 is 0. The number of amides is 1. The molecule has 1 heterocycles. The smallest absolute Gasteiger partial charge is 0.224 e. The second kappa shape index (κ2) is 9.74. The molecule has 1 amide bonds. The molecule has 0 atom stereocenters. The Balaban J connectivity index is 2.22. The first-order valence-electron chi connectivity index (χ1n) is 7.38. The van der Waals surface area contributed by atoms with Gasteiger partial charge in [-0.15, -0.1) is 0 Å². The maximum Gasteiger partial charge on any atom is 0.224 e. The number of nitrogens with zero attached hydrogens (tertiary/aromatic N) is 3. The van der Waals surface area contributed by atoms with Gasteiger partial charge in [-0.1, -0.05) is 6.07 Å². The van der Waals surface area contributed by atoms with Crippen molar-refractivity contribution < 1.29 is 4.79 Å². The topological polar surface area (TPSA) is 83.6 Å². The van der Waals surface area contributed by atoms with Gasteiger partial charge in [-0.05, 0) is 26.0 Å². The molecule has 0 spiro atoms. The predicted molar refractivity (Wildman–Crippen MR) is 85.0 cm³/mol. The van der Waals surface area contributed by atoms with Crippen LogP contribution in [0.4, 0.5) is 0 Å². The molecule has 0 bridgehead atoms. The van der Waals surface area contributed by atoms with Gasteiger partial charge in [0.2, 0.25) is 5.91 Å². The van der Waals surface area contributed by atoms with Crippen LogP contribution < -0.4 is 11.1 Å². The van der Waals surface area contributed by atoms with Crippen molar-refractivity contribution in [2.45, 2.75) is 26.7 Å². The molecular formula is C15H25N5O. The number of hydrogen-bond donors (Lipinski definition) is 2. The van der Waals surface area contributed by atoms with Gasteiger partial charge >= 0.3 is 0 Å². The molecule has 0 aliphatic carbocycles. The fraction of sp³-hybridized carbons (Fsp3) is 0.533. The molecule has 0 aromatic carbocycles. The predicted octanol–water partition coefficient (Wildman–Crippen LogP) is 0.787. The Bertz CT molecular complexity index is 443. The van der Waals surface area contributed by atoms with E-state index in [1.165, 1.54) is 0 Å². The monoisotopic (exact) mass is 291 g/mol. The first-order valence-corrected chi connectivity index (χ1v) is 7.38. The molecule has 6 nitrogen and oxygen atoms in total. The van der Waals surface area contributed by atoms with Crippen LogP contribution in [0.25, 0.3) is 0 Å². The number of nitrogens with two attached hydrogens (primary N) is 1. The number of aliphatic imine (C=N–C) groups is 1. The van der Waals surface area contributed by atoms with Gasteiger partial charge < -0.3 is 16.0 Å². The van der Waals surface area contributed by atoms with Crippen molar-refractivity contribution in [3.05, 3.63) is 30.1 Å². The second-order valence-electron chi connectivity index (χ2n) is 4.58. The van der Waals surface area contributed by atoms with Crippen molar-refractivity contribution in [2.24, 2.45) is 10.7 Å². The van der Waals surface area contributed by atoms with Crippen molar-refractivity contribution in [3.8, 4) is 0 Å². The number of nitrogens with one attached hydrogen (secondary N) is 1. The summed E-state index contributed by atoms with van der Waals surface area (Å²) >= 11 is 0. The Hall–Kier alpha value is -2.11. The van der Waals surface area contributed by atoms with Gasteiger partial charge in [-0.3, -0.25) is 14.8 Å². The van der Waals surface area contributed by atoms with Crippen LogP contribution in [0.1, 0.15) is 26.0 Å². The number of carbonyl (C=O) groups is 1. The van der Waals surface area contributed by atoms with Crippen LogP contribution in [0.2, 0.25) is 0 Å². The largest absolute Gasteiger partial charge is 0.370 e. The Morgan fingerprint density at radius 2 is 2.14 bits per heavy atom. The van der Waals surface area contributed by atoms with Crippen molar-refractivity contribution >= 4 is 11.9 Å². The lowest BCUT2D eigenvalue weighted by molar-refractivity contribution is -0.130. The van der Waals surface area contributed by atoms with Crippen LogP contribution in [-0.2, 0) is 11.2 Å². The zero-order chi connectivity index (χ0) is 15.5. The van der Waals surface area contributed by atoms with Gasteiger partial charge in [-0.25, -0.2) is 0 Å². The average Bonchev–Trinajstić information content (AvgIpc) is 2.49. The lowest BCUT2D eigenvalue weighted by atomic mass is 10.3. The van der Waals surface area contributed by atoms with Gasteiger partial charge in [-0.2, -0.15) is 0 Å². The van der Waals surface area contributed by atoms with Gasteiger partial charge in [0.1, 0.15) is 0 Å². The summed E-state index contributed by atoms with van der Waals surface area (Å²) in [4.78, 5) is 22.0. The molecule has 0 radical (unpaired) electrons. The molecule has 0 aliphatic rings. The van der Waals surface area contributed by atoms with E-state index in [2.05, 4.69) is 15.3 Å². The van der Waals surface area contributed by atoms with Crippen molar-refractivity contribution in [1.82, 2.24) is 15.2 Å². The first kappa shape index (κ1) is 16.9. The van der Waals surface area contributed by atoms with Gasteiger partial charge in [0, 0.05) is 44.4 Å². The van der Waals surface area contributed by atoms with E-state index in [1.807, 2.05) is 32.0 Å². The van der Waals surface area contributed by atoms with E-state index in [4.69, 9.17) is 5.73 Å². The zero-order valence-electron chi connectivity index (χ0n) is 12.9. The number of guanidine groups is 1. The van der Waals surface area contributed by atoms with Crippen molar-refractivity contribution in [3.63, 3.8) is 0 Å². The highest BCUT2D eigenvalue weighted by Crippen LogP contribution is 1.95. The maximum absolute atomic E-state index is 11.8. The summed E-state index contributed by atoms with van der Waals surface area (Å²) in [5.41, 5.74) is 6.77. The molecule has 0 saturated carbocycles. The standard InChI is InChI=1S/C15H25N5O/c1-3-20(4-2)14(21)9-12-19-15(16)18-11-8-13-7-5-6-10-17-13/h5-7,10H,3-4,8-9,11-12H2,1-2H3,(H3,16,18,19). The minimum atomic E-state index is 0.116. The Kier molecular flexibility index (Phi) is 7.86.